The summed E-state index contributed by atoms with van der Waals surface area (Å²) in [5, 5.41) is 23.3. The maximum Gasteiger partial charge on any atom is 0.239 e. The molecule has 0 saturated heterocycles. The van der Waals surface area contributed by atoms with E-state index in [4.69, 9.17) is 0 Å². The van der Waals surface area contributed by atoms with E-state index in [2.05, 4.69) is 26.9 Å². The summed E-state index contributed by atoms with van der Waals surface area (Å²) in [6.45, 7) is 4.09. The van der Waals surface area contributed by atoms with Crippen LogP contribution in [0.1, 0.15) is 43.5 Å². The zero-order valence-electron chi connectivity index (χ0n) is 11.9. The highest BCUT2D eigenvalue weighted by Crippen LogP contribution is 2.20. The van der Waals surface area contributed by atoms with Gasteiger partial charge in [-0.1, -0.05) is 13.8 Å². The molecule has 0 bridgehead atoms. The summed E-state index contributed by atoms with van der Waals surface area (Å²) < 4.78 is 0. The van der Waals surface area contributed by atoms with E-state index < -0.39 is 0 Å². The quantitative estimate of drug-likeness (QED) is 0.811. The summed E-state index contributed by atoms with van der Waals surface area (Å²) in [7, 11) is 0. The minimum absolute atomic E-state index is 0.0733. The number of aromatic nitrogens is 2. The Hall–Kier alpha value is -2.16. The third-order valence-electron chi connectivity index (χ3n) is 3.32. The second-order valence-electron chi connectivity index (χ2n) is 4.86. The van der Waals surface area contributed by atoms with E-state index in [1.165, 1.54) is 0 Å². The lowest BCUT2D eigenvalue weighted by Gasteiger charge is -2.11. The number of nitrogens with zero attached hydrogens (tertiary/aromatic N) is 3. The first kappa shape index (κ1) is 14.3. The van der Waals surface area contributed by atoms with E-state index >= 15 is 0 Å². The maximum atomic E-state index is 11.6. The molecular weight excluding hydrogens is 254 g/mol. The molecule has 1 aromatic rings. The molecule has 0 spiro atoms. The van der Waals surface area contributed by atoms with Gasteiger partial charge in [0.2, 0.25) is 5.91 Å². The molecule has 6 heteroatoms. The number of amides is 1. The summed E-state index contributed by atoms with van der Waals surface area (Å²) in [5.41, 5.74) is 2.26. The lowest BCUT2D eigenvalue weighted by Crippen LogP contribution is -2.31. The van der Waals surface area contributed by atoms with Crippen LogP contribution in [0.5, 0.6) is 0 Å². The van der Waals surface area contributed by atoms with Crippen LogP contribution in [-0.4, -0.2) is 28.7 Å². The number of nitrogens with one attached hydrogen (secondary N) is 2. The van der Waals surface area contributed by atoms with Crippen LogP contribution in [0.25, 0.3) is 0 Å². The fourth-order valence-corrected chi connectivity index (χ4v) is 2.09. The molecule has 2 rings (SSSR count). The molecule has 0 unspecified atom stereocenters. The van der Waals surface area contributed by atoms with Gasteiger partial charge in [0.25, 0.3) is 0 Å². The topological polar surface area (TPSA) is 90.7 Å². The Bertz CT molecular complexity index is 545. The predicted octanol–water partition coefficient (Wildman–Crippen LogP) is 1.16. The molecule has 0 atom stereocenters. The van der Waals surface area contributed by atoms with Crippen LogP contribution >= 0.6 is 0 Å². The largest absolute Gasteiger partial charge is 0.358 e. The Morgan fingerprint density at radius 2 is 2.10 bits per heavy atom. The Balaban J connectivity index is 2.10. The van der Waals surface area contributed by atoms with Gasteiger partial charge in [0.1, 0.15) is 11.6 Å². The molecule has 106 valence electrons. The highest BCUT2D eigenvalue weighted by Gasteiger charge is 2.23. The van der Waals surface area contributed by atoms with Gasteiger partial charge in [-0.2, -0.15) is 10.4 Å². The van der Waals surface area contributed by atoms with E-state index in [9.17, 15) is 10.1 Å². The molecule has 0 aliphatic heterocycles. The van der Waals surface area contributed by atoms with E-state index in [-0.39, 0.29) is 12.5 Å². The minimum Gasteiger partial charge on any atom is -0.358 e. The molecule has 6 nitrogen and oxygen atoms in total. The van der Waals surface area contributed by atoms with E-state index in [1.807, 2.05) is 13.8 Å². The van der Waals surface area contributed by atoms with Crippen LogP contribution in [0, 0.1) is 11.3 Å². The highest BCUT2D eigenvalue weighted by atomic mass is 16.2. The zero-order valence-corrected chi connectivity index (χ0v) is 11.9. The molecule has 0 aromatic carbocycles. The normalized spacial score (nSPS) is 13.7. The lowest BCUT2D eigenvalue weighted by atomic mass is 10.0. The number of aryl methyl sites for hydroxylation is 1. The first-order valence-corrected chi connectivity index (χ1v) is 7.01. The van der Waals surface area contributed by atoms with Crippen molar-refractivity contribution < 1.29 is 4.79 Å². The monoisotopic (exact) mass is 273 g/mol. The summed E-state index contributed by atoms with van der Waals surface area (Å²) >= 11 is 0. The van der Waals surface area contributed by atoms with Gasteiger partial charge < -0.3 is 10.6 Å². The van der Waals surface area contributed by atoms with Crippen molar-refractivity contribution in [2.75, 3.05) is 11.9 Å². The van der Waals surface area contributed by atoms with Gasteiger partial charge >= 0.3 is 0 Å². The number of carbonyl (C=O) groups excluding carboxylic acids is 1. The Kier molecular flexibility index (Phi) is 4.51. The number of nitriles is 1. The minimum atomic E-state index is -0.0733. The second-order valence-corrected chi connectivity index (χ2v) is 4.86. The molecule has 1 fully saturated rings. The zero-order chi connectivity index (χ0) is 14.5. The van der Waals surface area contributed by atoms with Gasteiger partial charge in [-0.05, 0) is 31.2 Å². The van der Waals surface area contributed by atoms with Crippen LogP contribution in [0.2, 0.25) is 0 Å². The number of hydrogen-bond donors (Lipinski definition) is 2. The summed E-state index contributed by atoms with van der Waals surface area (Å²) in [5.74, 6) is 0.323. The molecule has 1 aromatic heterocycles. The van der Waals surface area contributed by atoms with Crippen molar-refractivity contribution in [3.63, 3.8) is 0 Å². The van der Waals surface area contributed by atoms with Crippen molar-refractivity contribution >= 4 is 11.7 Å². The molecule has 20 heavy (non-hydrogen) atoms. The molecule has 1 aliphatic carbocycles. The van der Waals surface area contributed by atoms with Crippen LogP contribution < -0.4 is 10.6 Å². The smallest absolute Gasteiger partial charge is 0.239 e. The second kappa shape index (κ2) is 6.33. The summed E-state index contributed by atoms with van der Waals surface area (Å²) in [4.78, 5) is 11.6. The van der Waals surface area contributed by atoms with Crippen molar-refractivity contribution in [3.8, 4) is 6.07 Å². The predicted molar refractivity (Wildman–Crippen MR) is 75.2 cm³/mol. The number of hydrogen-bond acceptors (Lipinski definition) is 5. The van der Waals surface area contributed by atoms with Crippen molar-refractivity contribution in [2.24, 2.45) is 0 Å². The Labute approximate surface area is 118 Å². The van der Waals surface area contributed by atoms with Gasteiger partial charge in [0.15, 0.2) is 5.82 Å². The van der Waals surface area contributed by atoms with Gasteiger partial charge in [-0.3, -0.25) is 4.79 Å². The van der Waals surface area contributed by atoms with Gasteiger partial charge in [-0.25, -0.2) is 0 Å². The Morgan fingerprint density at radius 3 is 2.65 bits per heavy atom. The van der Waals surface area contributed by atoms with Crippen LogP contribution in [0.15, 0.2) is 0 Å². The highest BCUT2D eigenvalue weighted by molar-refractivity contribution is 5.81. The molecule has 0 radical (unpaired) electrons. The van der Waals surface area contributed by atoms with E-state index in [0.29, 0.717) is 17.4 Å². The number of carbonyl (C=O) groups is 1. The SMILES string of the molecule is CCc1nnc(NCC(=O)NC2CC2)c(C#N)c1CC. The van der Waals surface area contributed by atoms with E-state index in [0.717, 1.165) is 36.9 Å². The maximum absolute atomic E-state index is 11.6. The third kappa shape index (κ3) is 3.23. The van der Waals surface area contributed by atoms with Crippen molar-refractivity contribution in [1.29, 1.82) is 5.26 Å². The molecule has 1 saturated carbocycles. The van der Waals surface area contributed by atoms with Gasteiger partial charge in [0, 0.05) is 6.04 Å². The molecule has 2 N–H and O–H groups in total. The number of rotatable bonds is 6. The van der Waals surface area contributed by atoms with Crippen molar-refractivity contribution in [1.82, 2.24) is 15.5 Å². The van der Waals surface area contributed by atoms with Gasteiger partial charge in [-0.15, -0.1) is 5.10 Å². The fourth-order valence-electron chi connectivity index (χ4n) is 2.09. The molecule has 1 aliphatic rings. The third-order valence-corrected chi connectivity index (χ3v) is 3.32. The van der Waals surface area contributed by atoms with Crippen LogP contribution in [-0.2, 0) is 17.6 Å². The average Bonchev–Trinajstić information content (AvgIpc) is 3.27. The lowest BCUT2D eigenvalue weighted by molar-refractivity contribution is -0.119. The average molecular weight is 273 g/mol. The first-order chi connectivity index (χ1) is 9.69. The fraction of sp³-hybridized carbons (Fsp3) is 0.571. The van der Waals surface area contributed by atoms with Crippen LogP contribution in [0.3, 0.4) is 0 Å². The molecule has 1 heterocycles. The van der Waals surface area contributed by atoms with Crippen molar-refractivity contribution in [3.05, 3.63) is 16.8 Å². The standard InChI is InChI=1S/C14H19N5O/c1-3-10-11(7-15)14(19-18-12(10)4-2)16-8-13(20)17-9-5-6-9/h9H,3-6,8H2,1-2H3,(H,16,19)(H,17,20). The number of anilines is 1. The first-order valence-electron chi connectivity index (χ1n) is 7.01. The van der Waals surface area contributed by atoms with Crippen LogP contribution in [0.4, 0.5) is 5.82 Å². The Morgan fingerprint density at radius 1 is 1.35 bits per heavy atom. The van der Waals surface area contributed by atoms with Crippen molar-refractivity contribution in [2.45, 2.75) is 45.6 Å². The summed E-state index contributed by atoms with van der Waals surface area (Å²) in [6, 6.07) is 2.50. The molecular formula is C14H19N5O. The van der Waals surface area contributed by atoms with E-state index in [1.54, 1.807) is 0 Å². The summed E-state index contributed by atoms with van der Waals surface area (Å²) in [6.07, 6.45) is 3.58. The van der Waals surface area contributed by atoms with Gasteiger partial charge in [0.05, 0.1) is 12.2 Å². The molecule has 1 amide bonds.